The van der Waals surface area contributed by atoms with Crippen molar-refractivity contribution in [2.45, 2.75) is 20.3 Å². The Morgan fingerprint density at radius 3 is 2.87 bits per heavy atom. The van der Waals surface area contributed by atoms with E-state index in [-0.39, 0.29) is 0 Å². The first kappa shape index (κ1) is 10.3. The first-order valence-electron chi connectivity index (χ1n) is 5.00. The lowest BCUT2D eigenvalue weighted by Crippen LogP contribution is -2.01. The van der Waals surface area contributed by atoms with E-state index >= 15 is 0 Å². The first-order chi connectivity index (χ1) is 7.08. The van der Waals surface area contributed by atoms with Crippen LogP contribution in [0.15, 0.2) is 18.3 Å². The summed E-state index contributed by atoms with van der Waals surface area (Å²) in [5, 5.41) is 0.547. The fraction of sp³-hybridized carbons (Fsp3) is 0.364. The van der Waals surface area contributed by atoms with E-state index in [1.807, 2.05) is 22.7 Å². The quantitative estimate of drug-likeness (QED) is 0.851. The van der Waals surface area contributed by atoms with Crippen molar-refractivity contribution in [3.63, 3.8) is 0 Å². The topological polar surface area (TPSA) is 43.3 Å². The zero-order valence-electron chi connectivity index (χ0n) is 8.87. The van der Waals surface area contributed by atoms with Gasteiger partial charge >= 0.3 is 0 Å². The van der Waals surface area contributed by atoms with Gasteiger partial charge in [0.15, 0.2) is 5.15 Å². The van der Waals surface area contributed by atoms with Crippen LogP contribution in [0.25, 0.3) is 5.52 Å². The Kier molecular flexibility index (Phi) is 2.57. The highest BCUT2D eigenvalue weighted by Crippen LogP contribution is 2.21. The molecule has 0 aliphatic heterocycles. The Balaban J connectivity index is 2.59. The maximum atomic E-state index is 6.04. The SMILES string of the molecule is CC(C)Cc1nc(Cl)c2ccc(N)cn12. The summed E-state index contributed by atoms with van der Waals surface area (Å²) in [6, 6.07) is 3.73. The Morgan fingerprint density at radius 2 is 2.20 bits per heavy atom. The Hall–Kier alpha value is -1.22. The number of nitrogens with zero attached hydrogens (tertiary/aromatic N) is 2. The van der Waals surface area contributed by atoms with Crippen LogP contribution in [0.4, 0.5) is 5.69 Å². The Bertz CT molecular complexity index is 488. The van der Waals surface area contributed by atoms with Crippen molar-refractivity contribution < 1.29 is 0 Å². The van der Waals surface area contributed by atoms with Crippen molar-refractivity contribution in [2.75, 3.05) is 5.73 Å². The molecule has 2 aromatic heterocycles. The van der Waals surface area contributed by atoms with Gasteiger partial charge in [-0.3, -0.25) is 0 Å². The molecule has 0 saturated heterocycles. The summed E-state index contributed by atoms with van der Waals surface area (Å²) < 4.78 is 1.97. The molecule has 0 aromatic carbocycles. The number of hydrogen-bond acceptors (Lipinski definition) is 2. The third-order valence-corrected chi connectivity index (χ3v) is 2.56. The summed E-state index contributed by atoms with van der Waals surface area (Å²) in [7, 11) is 0. The number of rotatable bonds is 2. The fourth-order valence-electron chi connectivity index (χ4n) is 1.63. The van der Waals surface area contributed by atoms with Crippen molar-refractivity contribution in [3.8, 4) is 0 Å². The molecule has 0 bridgehead atoms. The van der Waals surface area contributed by atoms with Crippen molar-refractivity contribution in [2.24, 2.45) is 5.92 Å². The molecule has 80 valence electrons. The highest BCUT2D eigenvalue weighted by atomic mass is 35.5. The predicted octanol–water partition coefficient (Wildman–Crippen LogP) is 2.77. The molecule has 4 heteroatoms. The summed E-state index contributed by atoms with van der Waals surface area (Å²) in [5.41, 5.74) is 7.38. The molecule has 15 heavy (non-hydrogen) atoms. The second-order valence-electron chi connectivity index (χ2n) is 4.13. The van der Waals surface area contributed by atoms with Gasteiger partial charge in [0.2, 0.25) is 0 Å². The first-order valence-corrected chi connectivity index (χ1v) is 5.37. The van der Waals surface area contributed by atoms with Gasteiger partial charge in [-0.2, -0.15) is 0 Å². The minimum absolute atomic E-state index is 0.547. The van der Waals surface area contributed by atoms with Crippen LogP contribution >= 0.6 is 11.6 Å². The predicted molar refractivity (Wildman–Crippen MR) is 63.2 cm³/mol. The largest absolute Gasteiger partial charge is 0.398 e. The third-order valence-electron chi connectivity index (χ3n) is 2.28. The zero-order valence-corrected chi connectivity index (χ0v) is 9.62. The molecule has 2 rings (SSSR count). The van der Waals surface area contributed by atoms with Crippen LogP contribution in [0, 0.1) is 5.92 Å². The fourth-order valence-corrected chi connectivity index (χ4v) is 1.88. The van der Waals surface area contributed by atoms with E-state index < -0.39 is 0 Å². The van der Waals surface area contributed by atoms with Gasteiger partial charge in [0.25, 0.3) is 0 Å². The van der Waals surface area contributed by atoms with Gasteiger partial charge in [-0.15, -0.1) is 0 Å². The molecule has 0 fully saturated rings. The highest BCUT2D eigenvalue weighted by molar-refractivity contribution is 6.32. The molecule has 0 unspecified atom stereocenters. The molecule has 0 atom stereocenters. The van der Waals surface area contributed by atoms with Crippen molar-refractivity contribution in [3.05, 3.63) is 29.3 Å². The van der Waals surface area contributed by atoms with Gasteiger partial charge in [0.1, 0.15) is 5.82 Å². The molecule has 2 N–H and O–H groups in total. The standard InChI is InChI=1S/C11H14ClN3/c1-7(2)5-10-14-11(12)9-4-3-8(13)6-15(9)10/h3-4,6-7H,5,13H2,1-2H3. The average molecular weight is 224 g/mol. The molecule has 2 aromatic rings. The summed E-state index contributed by atoms with van der Waals surface area (Å²) in [6.07, 6.45) is 2.77. The number of nitrogens with two attached hydrogens (primary N) is 1. The number of hydrogen-bond donors (Lipinski definition) is 1. The van der Waals surface area contributed by atoms with Crippen LogP contribution in [-0.2, 0) is 6.42 Å². The maximum absolute atomic E-state index is 6.04. The van der Waals surface area contributed by atoms with Gasteiger partial charge in [-0.05, 0) is 18.1 Å². The molecule has 0 spiro atoms. The van der Waals surface area contributed by atoms with Gasteiger partial charge in [0.05, 0.1) is 5.52 Å². The number of halogens is 1. The zero-order chi connectivity index (χ0) is 11.0. The second kappa shape index (κ2) is 3.74. The van der Waals surface area contributed by atoms with Crippen molar-refractivity contribution in [1.29, 1.82) is 0 Å². The molecule has 3 nitrogen and oxygen atoms in total. The van der Waals surface area contributed by atoms with Crippen molar-refractivity contribution in [1.82, 2.24) is 9.38 Å². The van der Waals surface area contributed by atoms with Crippen LogP contribution in [0.3, 0.4) is 0 Å². The number of pyridine rings is 1. The van der Waals surface area contributed by atoms with E-state index in [4.69, 9.17) is 17.3 Å². The lowest BCUT2D eigenvalue weighted by atomic mass is 10.1. The van der Waals surface area contributed by atoms with E-state index in [0.29, 0.717) is 11.1 Å². The molecule has 0 radical (unpaired) electrons. The van der Waals surface area contributed by atoms with E-state index in [1.54, 1.807) is 0 Å². The Morgan fingerprint density at radius 1 is 1.47 bits per heavy atom. The molecule has 2 heterocycles. The molecular weight excluding hydrogens is 210 g/mol. The van der Waals surface area contributed by atoms with Crippen LogP contribution in [-0.4, -0.2) is 9.38 Å². The molecule has 0 amide bonds. The average Bonchev–Trinajstić information content (AvgIpc) is 2.42. The highest BCUT2D eigenvalue weighted by Gasteiger charge is 2.10. The summed E-state index contributed by atoms with van der Waals surface area (Å²) >= 11 is 6.04. The summed E-state index contributed by atoms with van der Waals surface area (Å²) in [5.74, 6) is 1.52. The number of nitrogen functional groups attached to an aromatic ring is 1. The van der Waals surface area contributed by atoms with E-state index in [0.717, 1.165) is 23.4 Å². The number of anilines is 1. The number of aromatic nitrogens is 2. The lowest BCUT2D eigenvalue weighted by molar-refractivity contribution is 0.619. The second-order valence-corrected chi connectivity index (χ2v) is 4.49. The van der Waals surface area contributed by atoms with E-state index in [2.05, 4.69) is 18.8 Å². The minimum Gasteiger partial charge on any atom is -0.398 e. The van der Waals surface area contributed by atoms with Gasteiger partial charge in [-0.1, -0.05) is 25.4 Å². The molecular formula is C11H14ClN3. The number of imidazole rings is 1. The summed E-state index contributed by atoms with van der Waals surface area (Å²) in [6.45, 7) is 4.31. The van der Waals surface area contributed by atoms with Gasteiger partial charge in [0, 0.05) is 18.3 Å². The maximum Gasteiger partial charge on any atom is 0.155 e. The molecule has 0 aliphatic rings. The van der Waals surface area contributed by atoms with Crippen LogP contribution in [0.1, 0.15) is 19.7 Å². The molecule has 0 aliphatic carbocycles. The summed E-state index contributed by atoms with van der Waals surface area (Å²) in [4.78, 5) is 4.34. The van der Waals surface area contributed by atoms with Crippen LogP contribution in [0.5, 0.6) is 0 Å². The van der Waals surface area contributed by atoms with Crippen LogP contribution < -0.4 is 5.73 Å². The van der Waals surface area contributed by atoms with E-state index in [1.165, 1.54) is 0 Å². The number of fused-ring (bicyclic) bond motifs is 1. The van der Waals surface area contributed by atoms with Gasteiger partial charge in [-0.25, -0.2) is 4.98 Å². The Labute approximate surface area is 93.9 Å². The molecule has 0 saturated carbocycles. The van der Waals surface area contributed by atoms with Crippen molar-refractivity contribution >= 4 is 22.8 Å². The monoisotopic (exact) mass is 223 g/mol. The smallest absolute Gasteiger partial charge is 0.155 e. The lowest BCUT2D eigenvalue weighted by Gasteiger charge is -2.04. The normalized spacial score (nSPS) is 11.5. The van der Waals surface area contributed by atoms with E-state index in [9.17, 15) is 0 Å². The van der Waals surface area contributed by atoms with Gasteiger partial charge < -0.3 is 10.1 Å². The third kappa shape index (κ3) is 1.92. The minimum atomic E-state index is 0.547. The van der Waals surface area contributed by atoms with Crippen LogP contribution in [0.2, 0.25) is 5.15 Å².